The van der Waals surface area contributed by atoms with E-state index in [1.54, 1.807) is 32.0 Å². The molecule has 9 atom stereocenters. The van der Waals surface area contributed by atoms with Crippen molar-refractivity contribution < 1.29 is 34.1 Å². The van der Waals surface area contributed by atoms with Crippen molar-refractivity contribution >= 4 is 34.9 Å². The van der Waals surface area contributed by atoms with Crippen molar-refractivity contribution in [3.05, 3.63) is 27.8 Å². The molecule has 1 amide bonds. The molecule has 1 aromatic rings. The van der Waals surface area contributed by atoms with Crippen LogP contribution in [-0.4, -0.2) is 93.8 Å². The molecule has 10 nitrogen and oxygen atoms in total. The first-order valence-corrected chi connectivity index (χ1v) is 16.4. The lowest BCUT2D eigenvalue weighted by Crippen LogP contribution is -2.77. The molecule has 2 saturated carbocycles. The predicted octanol–water partition coefficient (Wildman–Crippen LogP) is 2.68. The van der Waals surface area contributed by atoms with E-state index >= 15 is 0 Å². The third kappa shape index (κ3) is 4.20. The average Bonchev–Trinajstić information content (AvgIpc) is 3.48. The third-order valence-electron chi connectivity index (χ3n) is 11.3. The number of hydrogen-bond acceptors (Lipinski definition) is 9. The van der Waals surface area contributed by atoms with E-state index in [0.717, 1.165) is 37.9 Å². The van der Waals surface area contributed by atoms with Gasteiger partial charge in [-0.3, -0.25) is 29.0 Å². The first-order chi connectivity index (χ1) is 20.7. The van der Waals surface area contributed by atoms with Crippen molar-refractivity contribution in [2.24, 2.45) is 35.3 Å². The van der Waals surface area contributed by atoms with E-state index in [1.807, 2.05) is 0 Å². The van der Waals surface area contributed by atoms with Gasteiger partial charge in [0.25, 0.3) is 0 Å². The number of rotatable bonds is 7. The zero-order valence-electron chi connectivity index (χ0n) is 26.1. The monoisotopic (exact) mass is 629 g/mol. The molecule has 1 spiro atoms. The summed E-state index contributed by atoms with van der Waals surface area (Å²) in [4.78, 5) is 59.5. The molecule has 4 N–H and O–H groups in total. The topological polar surface area (TPSA) is 154 Å². The van der Waals surface area contributed by atoms with Gasteiger partial charge in [-0.25, -0.2) is 0 Å². The summed E-state index contributed by atoms with van der Waals surface area (Å²) in [6, 6.07) is 0.599. The highest BCUT2D eigenvalue weighted by Gasteiger charge is 2.84. The molecule has 6 rings (SSSR count). The smallest absolute Gasteiger partial charge is 0.231 e. The molecular weight excluding hydrogens is 586 g/mol. The van der Waals surface area contributed by atoms with E-state index in [4.69, 9.17) is 22.1 Å². The molecule has 240 valence electrons. The standard InChI is InChI=1S/C33H44ClN3O7/c1-6-22-33(44-22)25(31(35)42)29(40)27(36(4)5)19-13-16-12-18-24(28(39)23(16)30(41)32(19,33)43)21(38)14-17(26(18)34)20-8-7-10-37(20)11-9-15(2)3/h14-16,19-20,22-23,25,27,38,43H,6-13H2,1-5H3,(H2,35,42). The van der Waals surface area contributed by atoms with Gasteiger partial charge in [-0.2, -0.15) is 0 Å². The molecule has 11 heteroatoms. The molecule has 4 fully saturated rings. The van der Waals surface area contributed by atoms with Crippen LogP contribution >= 0.6 is 11.6 Å². The number of ketones is 3. The number of nitrogens with two attached hydrogens (primary N) is 1. The van der Waals surface area contributed by atoms with Gasteiger partial charge in [0, 0.05) is 17.0 Å². The maximum absolute atomic E-state index is 14.6. The summed E-state index contributed by atoms with van der Waals surface area (Å²) >= 11 is 7.10. The molecule has 0 bridgehead atoms. The average molecular weight is 630 g/mol. The van der Waals surface area contributed by atoms with Crippen LogP contribution in [0, 0.1) is 29.6 Å². The number of likely N-dealkylation sites (N-methyl/N-ethyl adjacent to an activating group) is 1. The van der Waals surface area contributed by atoms with E-state index in [9.17, 15) is 29.4 Å². The molecular formula is C33H44ClN3O7. The number of likely N-dealkylation sites (tertiary alicyclic amines) is 1. The quantitative estimate of drug-likeness (QED) is 0.305. The second-order valence-electron chi connectivity index (χ2n) is 14.3. The number of aromatic hydroxyl groups is 1. The number of phenols is 1. The van der Waals surface area contributed by atoms with E-state index in [2.05, 4.69) is 18.7 Å². The van der Waals surface area contributed by atoms with Gasteiger partial charge in [-0.15, -0.1) is 0 Å². The lowest BCUT2D eigenvalue weighted by Gasteiger charge is -2.56. The molecule has 5 aliphatic rings. The van der Waals surface area contributed by atoms with Gasteiger partial charge in [0.15, 0.2) is 23.0 Å². The Labute approximate surface area is 263 Å². The Morgan fingerprint density at radius 2 is 1.98 bits per heavy atom. The number of nitrogens with zero attached hydrogens (tertiary/aromatic N) is 2. The van der Waals surface area contributed by atoms with Crippen molar-refractivity contribution in [1.82, 2.24) is 9.80 Å². The summed E-state index contributed by atoms with van der Waals surface area (Å²) in [7, 11) is 3.33. The van der Waals surface area contributed by atoms with Crippen molar-refractivity contribution in [3.8, 4) is 5.75 Å². The summed E-state index contributed by atoms with van der Waals surface area (Å²) in [5, 5.41) is 24.3. The SMILES string of the molecule is CCC1OC12C(C(N)=O)C(=O)C(N(C)C)C1CC3Cc4c(Cl)c(C5CCCN5CCC(C)C)cc(O)c4C(=O)C3C(=O)C12O. The minimum Gasteiger partial charge on any atom is -0.507 e. The number of phenolic OH excluding ortho intramolecular Hbond substituents is 1. The van der Waals surface area contributed by atoms with Gasteiger partial charge in [-0.1, -0.05) is 32.4 Å². The number of aliphatic hydroxyl groups is 1. The second-order valence-corrected chi connectivity index (χ2v) is 14.6. The van der Waals surface area contributed by atoms with Crippen molar-refractivity contribution in [2.75, 3.05) is 27.2 Å². The number of hydrogen-bond donors (Lipinski definition) is 3. The van der Waals surface area contributed by atoms with Crippen LogP contribution in [0.3, 0.4) is 0 Å². The van der Waals surface area contributed by atoms with E-state index < -0.39 is 70.3 Å². The Bertz CT molecular complexity index is 1430. The Balaban J connectivity index is 1.43. The van der Waals surface area contributed by atoms with Gasteiger partial charge in [0.1, 0.15) is 17.3 Å². The van der Waals surface area contributed by atoms with Crippen LogP contribution < -0.4 is 5.73 Å². The Morgan fingerprint density at radius 3 is 2.57 bits per heavy atom. The van der Waals surface area contributed by atoms with Crippen molar-refractivity contribution in [3.63, 3.8) is 0 Å². The molecule has 9 unspecified atom stereocenters. The zero-order chi connectivity index (χ0) is 32.0. The molecule has 1 aromatic carbocycles. The van der Waals surface area contributed by atoms with Crippen LogP contribution in [0.1, 0.15) is 80.4 Å². The molecule has 0 radical (unpaired) electrons. The second kappa shape index (κ2) is 10.9. The molecule has 2 saturated heterocycles. The van der Waals surface area contributed by atoms with Gasteiger partial charge < -0.3 is 20.7 Å². The van der Waals surface area contributed by atoms with E-state index in [1.165, 1.54) is 0 Å². The number of ether oxygens (including phenoxy) is 1. The Hall–Kier alpha value is -2.37. The summed E-state index contributed by atoms with van der Waals surface area (Å²) in [6.45, 7) is 7.99. The minimum atomic E-state index is -2.30. The molecule has 2 aliphatic heterocycles. The van der Waals surface area contributed by atoms with Crippen LogP contribution in [0.25, 0.3) is 0 Å². The van der Waals surface area contributed by atoms with E-state index in [0.29, 0.717) is 22.9 Å². The van der Waals surface area contributed by atoms with Crippen LogP contribution in [0.5, 0.6) is 5.75 Å². The fourth-order valence-corrected chi connectivity index (χ4v) is 9.65. The highest BCUT2D eigenvalue weighted by molar-refractivity contribution is 6.33. The lowest BCUT2D eigenvalue weighted by molar-refractivity contribution is -0.194. The van der Waals surface area contributed by atoms with Crippen molar-refractivity contribution in [2.45, 2.75) is 88.7 Å². The van der Waals surface area contributed by atoms with Crippen molar-refractivity contribution in [1.29, 1.82) is 0 Å². The lowest BCUT2D eigenvalue weighted by atomic mass is 9.48. The van der Waals surface area contributed by atoms with Crippen LogP contribution in [0.4, 0.5) is 0 Å². The number of benzene rings is 1. The predicted molar refractivity (Wildman–Crippen MR) is 162 cm³/mol. The fraction of sp³-hybridized carbons (Fsp3) is 0.697. The minimum absolute atomic E-state index is 0.0148. The zero-order valence-corrected chi connectivity index (χ0v) is 26.9. The van der Waals surface area contributed by atoms with Gasteiger partial charge in [0.05, 0.1) is 23.6 Å². The number of carbonyl (C=O) groups is 4. The summed E-state index contributed by atoms with van der Waals surface area (Å²) < 4.78 is 5.96. The number of epoxide rings is 1. The largest absolute Gasteiger partial charge is 0.507 e. The highest BCUT2D eigenvalue weighted by Crippen LogP contribution is 2.64. The molecule has 2 heterocycles. The fourth-order valence-electron chi connectivity index (χ4n) is 9.30. The van der Waals surface area contributed by atoms with Crippen LogP contribution in [0.15, 0.2) is 6.07 Å². The first-order valence-electron chi connectivity index (χ1n) is 16.0. The molecule has 3 aliphatic carbocycles. The van der Waals surface area contributed by atoms with Crippen LogP contribution in [0.2, 0.25) is 5.02 Å². The Morgan fingerprint density at radius 1 is 1.27 bits per heavy atom. The third-order valence-corrected chi connectivity index (χ3v) is 11.7. The summed E-state index contributed by atoms with van der Waals surface area (Å²) in [5.74, 6) is -6.81. The molecule has 0 aromatic heterocycles. The molecule has 44 heavy (non-hydrogen) atoms. The number of halogens is 1. The van der Waals surface area contributed by atoms with E-state index in [-0.39, 0.29) is 30.2 Å². The normalized spacial score (nSPS) is 38.3. The summed E-state index contributed by atoms with van der Waals surface area (Å²) in [6.07, 6.45) is 2.91. The number of carbonyl (C=O) groups excluding carboxylic acids is 4. The van der Waals surface area contributed by atoms with Gasteiger partial charge in [0.2, 0.25) is 5.91 Å². The van der Waals surface area contributed by atoms with Crippen LogP contribution in [-0.2, 0) is 25.5 Å². The first kappa shape index (κ1) is 31.6. The highest BCUT2D eigenvalue weighted by atomic mass is 35.5. The summed E-state index contributed by atoms with van der Waals surface area (Å²) in [5.41, 5.74) is 2.94. The number of primary amides is 1. The van der Waals surface area contributed by atoms with Gasteiger partial charge >= 0.3 is 0 Å². The maximum Gasteiger partial charge on any atom is 0.231 e. The number of Topliss-reactive ketones (excluding diaryl/α,β-unsaturated/α-hetero) is 3. The number of amides is 1. The van der Waals surface area contributed by atoms with Gasteiger partial charge in [-0.05, 0) is 94.7 Å². The maximum atomic E-state index is 14.6. The number of fused-ring (bicyclic) bond motifs is 4. The Kier molecular flexibility index (Phi) is 7.81.